The largest absolute Gasteiger partial charge is 0.460 e. The first-order chi connectivity index (χ1) is 6.85. The van der Waals surface area contributed by atoms with Crippen LogP contribution in [0.1, 0.15) is 34.1 Å². The highest BCUT2D eigenvalue weighted by Gasteiger charge is 2.18. The van der Waals surface area contributed by atoms with Crippen LogP contribution in [0.5, 0.6) is 0 Å². The molecular weight excluding hydrogens is 208 g/mol. The second kappa shape index (κ2) is 6.94. The van der Waals surface area contributed by atoms with E-state index in [1.54, 1.807) is 11.8 Å². The van der Waals surface area contributed by atoms with Crippen molar-refractivity contribution in [3.05, 3.63) is 12.7 Å². The van der Waals surface area contributed by atoms with Gasteiger partial charge in [-0.25, -0.2) is 0 Å². The average Bonchev–Trinajstić information content (AvgIpc) is 2.00. The van der Waals surface area contributed by atoms with Gasteiger partial charge in [0.15, 0.2) is 0 Å². The molecule has 0 spiro atoms. The van der Waals surface area contributed by atoms with Gasteiger partial charge in [-0.1, -0.05) is 13.0 Å². The zero-order valence-corrected chi connectivity index (χ0v) is 11.0. The summed E-state index contributed by atoms with van der Waals surface area (Å²) in [6.45, 7) is 11.4. The van der Waals surface area contributed by atoms with Crippen molar-refractivity contribution in [1.29, 1.82) is 0 Å². The summed E-state index contributed by atoms with van der Waals surface area (Å²) in [7, 11) is 0. The SMILES string of the molecule is C=CCSC[C@@H](C)CC(=O)OC(C)(C)C. The first-order valence-electron chi connectivity index (χ1n) is 5.25. The van der Waals surface area contributed by atoms with Crippen LogP contribution in [0.2, 0.25) is 0 Å². The van der Waals surface area contributed by atoms with Crippen LogP contribution in [0.25, 0.3) is 0 Å². The van der Waals surface area contributed by atoms with E-state index >= 15 is 0 Å². The van der Waals surface area contributed by atoms with Crippen molar-refractivity contribution >= 4 is 17.7 Å². The zero-order valence-electron chi connectivity index (χ0n) is 10.2. The van der Waals surface area contributed by atoms with Crippen LogP contribution in [0.3, 0.4) is 0 Å². The van der Waals surface area contributed by atoms with Crippen molar-refractivity contribution in [2.75, 3.05) is 11.5 Å². The lowest BCUT2D eigenvalue weighted by Gasteiger charge is -2.20. The van der Waals surface area contributed by atoms with Gasteiger partial charge in [0.1, 0.15) is 5.60 Å². The van der Waals surface area contributed by atoms with Crippen LogP contribution in [-0.2, 0) is 9.53 Å². The predicted molar refractivity (Wildman–Crippen MR) is 67.1 cm³/mol. The third kappa shape index (κ3) is 9.85. The molecule has 0 aromatic carbocycles. The Morgan fingerprint density at radius 1 is 1.53 bits per heavy atom. The van der Waals surface area contributed by atoms with Gasteiger partial charge in [-0.2, -0.15) is 11.8 Å². The molecule has 1 atom stereocenters. The Hall–Kier alpha value is -0.440. The number of ether oxygens (including phenoxy) is 1. The van der Waals surface area contributed by atoms with E-state index < -0.39 is 0 Å². The highest BCUT2D eigenvalue weighted by atomic mass is 32.2. The minimum absolute atomic E-state index is 0.103. The Bertz CT molecular complexity index is 206. The lowest BCUT2D eigenvalue weighted by molar-refractivity contribution is -0.155. The quantitative estimate of drug-likeness (QED) is 0.398. The van der Waals surface area contributed by atoms with E-state index in [1.807, 2.05) is 26.8 Å². The van der Waals surface area contributed by atoms with E-state index in [0.717, 1.165) is 11.5 Å². The van der Waals surface area contributed by atoms with Crippen LogP contribution in [-0.4, -0.2) is 23.1 Å². The molecule has 3 heteroatoms. The molecule has 0 radical (unpaired) electrons. The van der Waals surface area contributed by atoms with Gasteiger partial charge < -0.3 is 4.74 Å². The number of rotatable bonds is 6. The fourth-order valence-electron chi connectivity index (χ4n) is 1.08. The highest BCUT2D eigenvalue weighted by Crippen LogP contribution is 2.15. The van der Waals surface area contributed by atoms with Gasteiger partial charge in [-0.15, -0.1) is 6.58 Å². The Morgan fingerprint density at radius 3 is 2.60 bits per heavy atom. The summed E-state index contributed by atoms with van der Waals surface area (Å²) in [5, 5.41) is 0. The summed E-state index contributed by atoms with van der Waals surface area (Å²) in [4.78, 5) is 11.5. The molecule has 0 aromatic rings. The molecule has 0 fully saturated rings. The standard InChI is InChI=1S/C12H22O2S/c1-6-7-15-9-10(2)8-11(13)14-12(3,4)5/h6,10H,1,7-9H2,2-5H3/t10-/m0/s1. The van der Waals surface area contributed by atoms with Crippen molar-refractivity contribution < 1.29 is 9.53 Å². The Kier molecular flexibility index (Phi) is 6.73. The minimum Gasteiger partial charge on any atom is -0.460 e. The third-order valence-electron chi connectivity index (χ3n) is 1.57. The molecule has 0 aliphatic heterocycles. The molecule has 0 heterocycles. The van der Waals surface area contributed by atoms with E-state index in [2.05, 4.69) is 13.5 Å². The summed E-state index contributed by atoms with van der Waals surface area (Å²) in [5.41, 5.74) is -0.370. The number of hydrogen-bond donors (Lipinski definition) is 0. The fraction of sp³-hybridized carbons (Fsp3) is 0.750. The van der Waals surface area contributed by atoms with Gasteiger partial charge in [-0.05, 0) is 32.4 Å². The van der Waals surface area contributed by atoms with Gasteiger partial charge >= 0.3 is 5.97 Å². The summed E-state index contributed by atoms with van der Waals surface area (Å²) in [5.74, 6) is 2.18. The molecule has 2 nitrogen and oxygen atoms in total. The maximum Gasteiger partial charge on any atom is 0.306 e. The molecule has 0 aliphatic rings. The fourth-order valence-corrected chi connectivity index (χ4v) is 1.90. The monoisotopic (exact) mass is 230 g/mol. The summed E-state index contributed by atoms with van der Waals surface area (Å²) in [6, 6.07) is 0. The van der Waals surface area contributed by atoms with E-state index in [0.29, 0.717) is 12.3 Å². The number of hydrogen-bond acceptors (Lipinski definition) is 3. The topological polar surface area (TPSA) is 26.3 Å². The maximum absolute atomic E-state index is 11.5. The van der Waals surface area contributed by atoms with Crippen LogP contribution < -0.4 is 0 Å². The molecule has 0 bridgehead atoms. The van der Waals surface area contributed by atoms with Gasteiger partial charge in [0.25, 0.3) is 0 Å². The second-order valence-electron chi connectivity index (χ2n) is 4.72. The first kappa shape index (κ1) is 14.6. The van der Waals surface area contributed by atoms with E-state index in [4.69, 9.17) is 4.74 Å². The summed E-state index contributed by atoms with van der Waals surface area (Å²) >= 11 is 1.80. The molecule has 0 amide bonds. The molecule has 0 aliphatic carbocycles. The zero-order chi connectivity index (χ0) is 11.9. The molecule has 15 heavy (non-hydrogen) atoms. The van der Waals surface area contributed by atoms with Crippen molar-refractivity contribution in [2.45, 2.75) is 39.7 Å². The van der Waals surface area contributed by atoms with Gasteiger partial charge in [0, 0.05) is 12.2 Å². The summed E-state index contributed by atoms with van der Waals surface area (Å²) in [6.07, 6.45) is 2.38. The lowest BCUT2D eigenvalue weighted by Crippen LogP contribution is -2.25. The van der Waals surface area contributed by atoms with Crippen LogP contribution in [0.4, 0.5) is 0 Å². The molecule has 88 valence electrons. The van der Waals surface area contributed by atoms with Crippen molar-refractivity contribution in [3.8, 4) is 0 Å². The van der Waals surface area contributed by atoms with Crippen LogP contribution in [0, 0.1) is 5.92 Å². The van der Waals surface area contributed by atoms with Crippen molar-refractivity contribution in [3.63, 3.8) is 0 Å². The maximum atomic E-state index is 11.5. The molecule has 0 saturated heterocycles. The number of thioether (sulfide) groups is 1. The molecule has 0 saturated carbocycles. The van der Waals surface area contributed by atoms with Crippen molar-refractivity contribution in [1.82, 2.24) is 0 Å². The van der Waals surface area contributed by atoms with E-state index in [-0.39, 0.29) is 11.6 Å². The normalized spacial score (nSPS) is 13.3. The van der Waals surface area contributed by atoms with Gasteiger partial charge in [0.05, 0.1) is 0 Å². The van der Waals surface area contributed by atoms with E-state index in [9.17, 15) is 4.79 Å². The van der Waals surface area contributed by atoms with Crippen LogP contribution in [0.15, 0.2) is 12.7 Å². The molecular formula is C12H22O2S. The Morgan fingerprint density at radius 2 is 2.13 bits per heavy atom. The first-order valence-corrected chi connectivity index (χ1v) is 6.41. The molecule has 0 unspecified atom stereocenters. The number of carbonyl (C=O) groups excluding carboxylic acids is 1. The molecule has 0 rings (SSSR count). The van der Waals surface area contributed by atoms with E-state index in [1.165, 1.54) is 0 Å². The second-order valence-corrected chi connectivity index (χ2v) is 5.80. The number of carbonyl (C=O) groups is 1. The smallest absolute Gasteiger partial charge is 0.306 e. The van der Waals surface area contributed by atoms with Gasteiger partial charge in [-0.3, -0.25) is 4.79 Å². The Balaban J connectivity index is 3.71. The third-order valence-corrected chi connectivity index (χ3v) is 2.85. The van der Waals surface area contributed by atoms with Crippen LogP contribution >= 0.6 is 11.8 Å². The molecule has 0 N–H and O–H groups in total. The summed E-state index contributed by atoms with van der Waals surface area (Å²) < 4.78 is 5.25. The molecule has 0 aromatic heterocycles. The highest BCUT2D eigenvalue weighted by molar-refractivity contribution is 7.99. The lowest BCUT2D eigenvalue weighted by atomic mass is 10.1. The van der Waals surface area contributed by atoms with Gasteiger partial charge in [0.2, 0.25) is 0 Å². The predicted octanol–water partition coefficient (Wildman–Crippen LogP) is 3.27. The number of esters is 1. The minimum atomic E-state index is -0.370. The average molecular weight is 230 g/mol. The van der Waals surface area contributed by atoms with Crippen molar-refractivity contribution in [2.24, 2.45) is 5.92 Å². The Labute approximate surface area is 97.5 Å².